The molecule has 0 aliphatic heterocycles. The molecule has 1 aliphatic rings. The summed E-state index contributed by atoms with van der Waals surface area (Å²) in [4.78, 5) is 4.22. The zero-order valence-electron chi connectivity index (χ0n) is 9.69. The number of nitrogens with two attached hydrogens (primary N) is 1. The van der Waals surface area contributed by atoms with Crippen LogP contribution in [-0.4, -0.2) is 17.1 Å². The Bertz CT molecular complexity index is 307. The van der Waals surface area contributed by atoms with Gasteiger partial charge in [0.05, 0.1) is 18.9 Å². The van der Waals surface area contributed by atoms with Crippen molar-refractivity contribution in [3.05, 3.63) is 30.1 Å². The van der Waals surface area contributed by atoms with Gasteiger partial charge in [-0.3, -0.25) is 4.98 Å². The van der Waals surface area contributed by atoms with E-state index in [2.05, 4.69) is 4.98 Å². The minimum absolute atomic E-state index is 0.0902. The maximum Gasteiger partial charge on any atom is 0.0888 e. The Morgan fingerprint density at radius 1 is 1.25 bits per heavy atom. The Kier molecular flexibility index (Phi) is 3.91. The van der Waals surface area contributed by atoms with Crippen molar-refractivity contribution in [2.45, 2.75) is 44.2 Å². The van der Waals surface area contributed by atoms with Crippen LogP contribution >= 0.6 is 0 Å². The van der Waals surface area contributed by atoms with Crippen LogP contribution in [0.25, 0.3) is 0 Å². The first-order valence-corrected chi connectivity index (χ1v) is 6.05. The monoisotopic (exact) mass is 220 g/mol. The molecule has 88 valence electrons. The summed E-state index contributed by atoms with van der Waals surface area (Å²) in [5.74, 6) is 0. The average Bonchev–Trinajstić information content (AvgIpc) is 2.31. The second-order valence-corrected chi connectivity index (χ2v) is 4.74. The molecule has 3 nitrogen and oxygen atoms in total. The highest BCUT2D eigenvalue weighted by Gasteiger charge is 2.27. The van der Waals surface area contributed by atoms with Gasteiger partial charge in [0.2, 0.25) is 0 Å². The normalized spacial score (nSPS) is 19.6. The minimum Gasteiger partial charge on any atom is -0.373 e. The molecule has 0 bridgehead atoms. The molecule has 1 aromatic rings. The molecule has 2 rings (SSSR count). The Morgan fingerprint density at radius 3 is 2.75 bits per heavy atom. The number of nitrogens with zero attached hydrogens (tertiary/aromatic N) is 1. The smallest absolute Gasteiger partial charge is 0.0888 e. The van der Waals surface area contributed by atoms with Crippen LogP contribution in [0.3, 0.4) is 0 Å². The predicted molar refractivity (Wildman–Crippen MR) is 63.9 cm³/mol. The molecule has 0 spiro atoms. The minimum atomic E-state index is -0.0902. The van der Waals surface area contributed by atoms with Crippen molar-refractivity contribution >= 4 is 0 Å². The fourth-order valence-corrected chi connectivity index (χ4v) is 2.24. The summed E-state index contributed by atoms with van der Waals surface area (Å²) in [6.45, 7) is 1.23. The number of hydrogen-bond donors (Lipinski definition) is 1. The van der Waals surface area contributed by atoms with Crippen LogP contribution in [-0.2, 0) is 11.3 Å². The largest absolute Gasteiger partial charge is 0.373 e. The van der Waals surface area contributed by atoms with Crippen LogP contribution in [0.15, 0.2) is 24.4 Å². The zero-order chi connectivity index (χ0) is 11.3. The zero-order valence-corrected chi connectivity index (χ0v) is 9.69. The van der Waals surface area contributed by atoms with E-state index in [0.29, 0.717) is 13.2 Å². The quantitative estimate of drug-likeness (QED) is 0.846. The maximum absolute atomic E-state index is 6.28. The number of pyridine rings is 1. The van der Waals surface area contributed by atoms with Crippen molar-refractivity contribution in [2.24, 2.45) is 5.73 Å². The number of ether oxygens (including phenoxy) is 1. The van der Waals surface area contributed by atoms with E-state index < -0.39 is 0 Å². The summed E-state index contributed by atoms with van der Waals surface area (Å²) in [7, 11) is 0. The molecule has 16 heavy (non-hydrogen) atoms. The molecule has 2 N–H and O–H groups in total. The molecule has 1 aliphatic carbocycles. The molecule has 3 heteroatoms. The summed E-state index contributed by atoms with van der Waals surface area (Å²) >= 11 is 0. The molecular formula is C13H20N2O. The summed E-state index contributed by atoms with van der Waals surface area (Å²) in [6.07, 6.45) is 7.77. The van der Waals surface area contributed by atoms with Crippen molar-refractivity contribution in [1.82, 2.24) is 4.98 Å². The molecule has 0 unspecified atom stereocenters. The molecule has 1 saturated carbocycles. The van der Waals surface area contributed by atoms with E-state index in [1.54, 1.807) is 6.20 Å². The third-order valence-corrected chi connectivity index (χ3v) is 3.21. The SMILES string of the molecule is NC1(COCc2ccccn2)CCCCC1. The second-order valence-electron chi connectivity index (χ2n) is 4.74. The van der Waals surface area contributed by atoms with Gasteiger partial charge in [0, 0.05) is 11.7 Å². The number of aromatic nitrogens is 1. The van der Waals surface area contributed by atoms with Gasteiger partial charge in [-0.15, -0.1) is 0 Å². The van der Waals surface area contributed by atoms with E-state index in [9.17, 15) is 0 Å². The molecule has 0 radical (unpaired) electrons. The summed E-state index contributed by atoms with van der Waals surface area (Å²) < 4.78 is 5.67. The highest BCUT2D eigenvalue weighted by Crippen LogP contribution is 2.26. The predicted octanol–water partition coefficient (Wildman–Crippen LogP) is 2.26. The van der Waals surface area contributed by atoms with Crippen molar-refractivity contribution in [2.75, 3.05) is 6.61 Å². The van der Waals surface area contributed by atoms with Gasteiger partial charge in [-0.1, -0.05) is 25.3 Å². The van der Waals surface area contributed by atoms with Crippen molar-refractivity contribution in [3.8, 4) is 0 Å². The molecule has 0 saturated heterocycles. The van der Waals surface area contributed by atoms with Crippen molar-refractivity contribution in [3.63, 3.8) is 0 Å². The fourth-order valence-electron chi connectivity index (χ4n) is 2.24. The van der Waals surface area contributed by atoms with Crippen molar-refractivity contribution < 1.29 is 4.74 Å². The Balaban J connectivity index is 1.75. The van der Waals surface area contributed by atoms with Gasteiger partial charge >= 0.3 is 0 Å². The second kappa shape index (κ2) is 5.41. The van der Waals surface area contributed by atoms with Crippen molar-refractivity contribution in [1.29, 1.82) is 0 Å². The highest BCUT2D eigenvalue weighted by molar-refractivity contribution is 5.02. The van der Waals surface area contributed by atoms with E-state index in [-0.39, 0.29) is 5.54 Å². The lowest BCUT2D eigenvalue weighted by molar-refractivity contribution is 0.0558. The summed E-state index contributed by atoms with van der Waals surface area (Å²) in [5.41, 5.74) is 7.16. The number of hydrogen-bond acceptors (Lipinski definition) is 3. The van der Waals surface area contributed by atoms with Crippen LogP contribution in [0.4, 0.5) is 0 Å². The van der Waals surface area contributed by atoms with Crippen LogP contribution < -0.4 is 5.73 Å². The lowest BCUT2D eigenvalue weighted by Crippen LogP contribution is -2.46. The lowest BCUT2D eigenvalue weighted by Gasteiger charge is -2.32. The Labute approximate surface area is 97.0 Å². The van der Waals surface area contributed by atoms with Gasteiger partial charge in [-0.05, 0) is 25.0 Å². The van der Waals surface area contributed by atoms with E-state index in [4.69, 9.17) is 10.5 Å². The van der Waals surface area contributed by atoms with Crippen LogP contribution in [0, 0.1) is 0 Å². The standard InChI is InChI=1S/C13H20N2O/c14-13(7-3-1-4-8-13)11-16-10-12-6-2-5-9-15-12/h2,5-6,9H,1,3-4,7-8,10-11,14H2. The number of rotatable bonds is 4. The first-order chi connectivity index (χ1) is 7.79. The molecule has 0 atom stereocenters. The molecule has 1 heterocycles. The van der Waals surface area contributed by atoms with Gasteiger partial charge in [-0.2, -0.15) is 0 Å². The van der Waals surface area contributed by atoms with E-state index in [1.165, 1.54) is 19.3 Å². The lowest BCUT2D eigenvalue weighted by atomic mass is 9.83. The maximum atomic E-state index is 6.28. The Morgan fingerprint density at radius 2 is 2.06 bits per heavy atom. The van der Waals surface area contributed by atoms with Gasteiger partial charge in [-0.25, -0.2) is 0 Å². The third kappa shape index (κ3) is 3.29. The topological polar surface area (TPSA) is 48.1 Å². The highest BCUT2D eigenvalue weighted by atomic mass is 16.5. The van der Waals surface area contributed by atoms with Gasteiger partial charge in [0.15, 0.2) is 0 Å². The van der Waals surface area contributed by atoms with Crippen LogP contribution in [0.2, 0.25) is 0 Å². The molecule has 1 aromatic heterocycles. The fraction of sp³-hybridized carbons (Fsp3) is 0.615. The van der Waals surface area contributed by atoms with E-state index >= 15 is 0 Å². The first kappa shape index (κ1) is 11.6. The molecular weight excluding hydrogens is 200 g/mol. The molecule has 1 fully saturated rings. The van der Waals surface area contributed by atoms with Gasteiger partial charge < -0.3 is 10.5 Å². The average molecular weight is 220 g/mol. The summed E-state index contributed by atoms with van der Waals surface area (Å²) in [5, 5.41) is 0. The van der Waals surface area contributed by atoms with Gasteiger partial charge in [0.25, 0.3) is 0 Å². The molecule has 0 aromatic carbocycles. The van der Waals surface area contributed by atoms with Crippen LogP contribution in [0.1, 0.15) is 37.8 Å². The van der Waals surface area contributed by atoms with E-state index in [0.717, 1.165) is 18.5 Å². The van der Waals surface area contributed by atoms with Crippen LogP contribution in [0.5, 0.6) is 0 Å². The Hall–Kier alpha value is -0.930. The molecule has 0 amide bonds. The van der Waals surface area contributed by atoms with E-state index in [1.807, 2.05) is 18.2 Å². The first-order valence-electron chi connectivity index (χ1n) is 6.05. The third-order valence-electron chi connectivity index (χ3n) is 3.21. The van der Waals surface area contributed by atoms with Gasteiger partial charge in [0.1, 0.15) is 0 Å². The summed E-state index contributed by atoms with van der Waals surface area (Å²) in [6, 6.07) is 5.86.